The third-order valence-electron chi connectivity index (χ3n) is 5.79. The lowest BCUT2D eigenvalue weighted by atomic mass is 9.99. The summed E-state index contributed by atoms with van der Waals surface area (Å²) in [5, 5.41) is 5.83. The fourth-order valence-corrected chi connectivity index (χ4v) is 3.79. The summed E-state index contributed by atoms with van der Waals surface area (Å²) in [7, 11) is 0. The first-order valence-corrected chi connectivity index (χ1v) is 10.1. The highest BCUT2D eigenvalue weighted by atomic mass is 16.2. The van der Waals surface area contributed by atoms with Crippen LogP contribution in [0.4, 0.5) is 17.1 Å². The molecule has 4 rings (SSSR count). The van der Waals surface area contributed by atoms with Crippen molar-refractivity contribution in [3.63, 3.8) is 0 Å². The fraction of sp³-hybridized carbons (Fsp3) is 0.391. The van der Waals surface area contributed by atoms with E-state index in [9.17, 15) is 9.59 Å². The van der Waals surface area contributed by atoms with E-state index in [1.165, 1.54) is 18.5 Å². The number of nitrogens with zero attached hydrogens (tertiary/aromatic N) is 1. The molecule has 1 heterocycles. The van der Waals surface area contributed by atoms with Crippen molar-refractivity contribution >= 4 is 28.9 Å². The number of benzene rings is 2. The van der Waals surface area contributed by atoms with Gasteiger partial charge in [-0.3, -0.25) is 9.59 Å². The number of hydrogen-bond donors (Lipinski definition) is 2. The van der Waals surface area contributed by atoms with Gasteiger partial charge in [0.15, 0.2) is 0 Å². The lowest BCUT2D eigenvalue weighted by molar-refractivity contribution is -0.122. The minimum absolute atomic E-state index is 0.0761. The third-order valence-corrected chi connectivity index (χ3v) is 5.79. The first-order valence-electron chi connectivity index (χ1n) is 10.1. The summed E-state index contributed by atoms with van der Waals surface area (Å²) in [6, 6.07) is 17.4. The summed E-state index contributed by atoms with van der Waals surface area (Å²) < 4.78 is 0. The van der Waals surface area contributed by atoms with E-state index in [1.807, 2.05) is 42.5 Å². The van der Waals surface area contributed by atoms with Crippen molar-refractivity contribution in [3.8, 4) is 0 Å². The van der Waals surface area contributed by atoms with E-state index in [0.717, 1.165) is 30.4 Å². The number of para-hydroxylation sites is 1. The Kier molecular flexibility index (Phi) is 5.33. The molecule has 2 N–H and O–H groups in total. The molecule has 28 heavy (non-hydrogen) atoms. The van der Waals surface area contributed by atoms with E-state index < -0.39 is 0 Å². The van der Waals surface area contributed by atoms with Crippen LogP contribution in [0.25, 0.3) is 0 Å². The van der Waals surface area contributed by atoms with E-state index in [0.29, 0.717) is 6.42 Å². The Morgan fingerprint density at radius 1 is 0.821 bits per heavy atom. The van der Waals surface area contributed by atoms with Gasteiger partial charge in [-0.2, -0.15) is 0 Å². The summed E-state index contributed by atoms with van der Waals surface area (Å²) in [4.78, 5) is 27.2. The molecule has 2 aliphatic rings. The maximum absolute atomic E-state index is 12.5. The van der Waals surface area contributed by atoms with Crippen molar-refractivity contribution in [2.24, 2.45) is 17.8 Å². The number of carbonyl (C=O) groups excluding carboxylic acids is 2. The van der Waals surface area contributed by atoms with Crippen LogP contribution in [0.1, 0.15) is 26.2 Å². The molecule has 0 bridgehead atoms. The van der Waals surface area contributed by atoms with Crippen molar-refractivity contribution in [1.29, 1.82) is 0 Å². The molecule has 2 fully saturated rings. The largest absolute Gasteiger partial charge is 0.372 e. The van der Waals surface area contributed by atoms with E-state index >= 15 is 0 Å². The first kappa shape index (κ1) is 18.5. The second-order valence-electron chi connectivity index (χ2n) is 8.01. The van der Waals surface area contributed by atoms with Gasteiger partial charge in [0.05, 0.1) is 11.8 Å². The highest BCUT2D eigenvalue weighted by molar-refractivity contribution is 6.03. The summed E-state index contributed by atoms with van der Waals surface area (Å²) in [5.74, 6) is 0.163. The van der Waals surface area contributed by atoms with Crippen molar-refractivity contribution in [2.45, 2.75) is 26.2 Å². The molecule has 1 aliphatic carbocycles. The molecule has 2 aromatic carbocycles. The molecule has 1 saturated carbocycles. The van der Waals surface area contributed by atoms with E-state index in [4.69, 9.17) is 0 Å². The lowest BCUT2D eigenvalue weighted by Gasteiger charge is -2.32. The Hall–Kier alpha value is -2.82. The molecule has 5 heteroatoms. The van der Waals surface area contributed by atoms with Gasteiger partial charge in [-0.1, -0.05) is 25.1 Å². The average Bonchev–Trinajstić information content (AvgIpc) is 3.51. The van der Waals surface area contributed by atoms with Crippen LogP contribution in [0.5, 0.6) is 0 Å². The maximum atomic E-state index is 12.5. The van der Waals surface area contributed by atoms with E-state index in [2.05, 4.69) is 34.6 Å². The minimum Gasteiger partial charge on any atom is -0.372 e. The smallest absolute Gasteiger partial charge is 0.228 e. The average molecular weight is 377 g/mol. The van der Waals surface area contributed by atoms with Gasteiger partial charge in [-0.25, -0.2) is 0 Å². The monoisotopic (exact) mass is 377 g/mol. The molecule has 2 unspecified atom stereocenters. The van der Waals surface area contributed by atoms with E-state index in [-0.39, 0.29) is 23.7 Å². The zero-order valence-corrected chi connectivity index (χ0v) is 16.2. The second-order valence-corrected chi connectivity index (χ2v) is 8.01. The van der Waals surface area contributed by atoms with Crippen molar-refractivity contribution in [3.05, 3.63) is 54.6 Å². The number of hydrogen-bond acceptors (Lipinski definition) is 3. The summed E-state index contributed by atoms with van der Waals surface area (Å²) in [5.41, 5.74) is 2.76. The van der Waals surface area contributed by atoms with Gasteiger partial charge in [0.1, 0.15) is 0 Å². The van der Waals surface area contributed by atoms with Gasteiger partial charge in [0, 0.05) is 30.2 Å². The lowest BCUT2D eigenvalue weighted by Crippen LogP contribution is -2.32. The molecular weight excluding hydrogens is 350 g/mol. The third kappa shape index (κ3) is 4.35. The molecule has 1 saturated heterocycles. The predicted molar refractivity (Wildman–Crippen MR) is 112 cm³/mol. The molecule has 5 nitrogen and oxygen atoms in total. The Morgan fingerprint density at radius 2 is 1.36 bits per heavy atom. The molecule has 2 aromatic rings. The van der Waals surface area contributed by atoms with Crippen LogP contribution < -0.4 is 15.5 Å². The molecule has 146 valence electrons. The van der Waals surface area contributed by atoms with Crippen LogP contribution in [0.3, 0.4) is 0 Å². The highest BCUT2D eigenvalue weighted by Gasteiger charge is 2.48. The summed E-state index contributed by atoms with van der Waals surface area (Å²) in [6.45, 7) is 4.49. The maximum Gasteiger partial charge on any atom is 0.228 e. The zero-order valence-electron chi connectivity index (χ0n) is 16.2. The SMILES string of the molecule is CC1CCN(c2ccc(NC(=O)C3CC3C(=O)Nc3ccccc3)cc2)CC1. The number of amides is 2. The van der Waals surface area contributed by atoms with Crippen molar-refractivity contribution < 1.29 is 9.59 Å². The molecule has 1 aliphatic heterocycles. The van der Waals surface area contributed by atoms with Crippen LogP contribution in [0.15, 0.2) is 54.6 Å². The number of piperidine rings is 1. The van der Waals surface area contributed by atoms with Gasteiger partial charge >= 0.3 is 0 Å². The molecular formula is C23H27N3O2. The van der Waals surface area contributed by atoms with Gasteiger partial charge in [0.25, 0.3) is 0 Å². The first-order chi connectivity index (χ1) is 13.6. The van der Waals surface area contributed by atoms with E-state index in [1.54, 1.807) is 0 Å². The molecule has 0 spiro atoms. The highest BCUT2D eigenvalue weighted by Crippen LogP contribution is 2.40. The number of anilines is 3. The Bertz CT molecular complexity index is 827. The molecule has 0 radical (unpaired) electrons. The Labute approximate surface area is 166 Å². The Balaban J connectivity index is 1.28. The van der Waals surface area contributed by atoms with Crippen LogP contribution in [0.2, 0.25) is 0 Å². The van der Waals surface area contributed by atoms with Gasteiger partial charge < -0.3 is 15.5 Å². The van der Waals surface area contributed by atoms with Gasteiger partial charge in [-0.05, 0) is 61.6 Å². The molecule has 0 aromatic heterocycles. The minimum atomic E-state index is -0.244. The van der Waals surface area contributed by atoms with Crippen LogP contribution in [-0.2, 0) is 9.59 Å². The summed E-state index contributed by atoms with van der Waals surface area (Å²) in [6.07, 6.45) is 3.06. The van der Waals surface area contributed by atoms with Crippen LogP contribution >= 0.6 is 0 Å². The fourth-order valence-electron chi connectivity index (χ4n) is 3.79. The summed E-state index contributed by atoms with van der Waals surface area (Å²) >= 11 is 0. The van der Waals surface area contributed by atoms with Gasteiger partial charge in [-0.15, -0.1) is 0 Å². The zero-order chi connectivity index (χ0) is 19.5. The topological polar surface area (TPSA) is 61.4 Å². The number of rotatable bonds is 5. The van der Waals surface area contributed by atoms with Crippen molar-refractivity contribution in [1.82, 2.24) is 0 Å². The van der Waals surface area contributed by atoms with Gasteiger partial charge in [0.2, 0.25) is 11.8 Å². The predicted octanol–water partition coefficient (Wildman–Crippen LogP) is 4.14. The number of nitrogens with one attached hydrogen (secondary N) is 2. The van der Waals surface area contributed by atoms with Crippen LogP contribution in [0, 0.1) is 17.8 Å². The second kappa shape index (κ2) is 8.05. The van der Waals surface area contributed by atoms with Crippen LogP contribution in [-0.4, -0.2) is 24.9 Å². The standard InChI is InChI=1S/C23H27N3O2/c1-16-11-13-26(14-12-16)19-9-7-18(8-10-19)25-23(28)21-15-20(21)22(27)24-17-5-3-2-4-6-17/h2-10,16,20-21H,11-15H2,1H3,(H,24,27)(H,25,28). The van der Waals surface area contributed by atoms with Crippen molar-refractivity contribution in [2.75, 3.05) is 28.6 Å². The normalized spacial score (nSPS) is 21.8. The quantitative estimate of drug-likeness (QED) is 0.823. The Morgan fingerprint density at radius 3 is 1.93 bits per heavy atom. The molecule has 2 amide bonds. The molecule has 2 atom stereocenters. The number of carbonyl (C=O) groups is 2.